The van der Waals surface area contributed by atoms with E-state index in [4.69, 9.17) is 19.4 Å². The lowest BCUT2D eigenvalue weighted by molar-refractivity contribution is 0.670. The van der Waals surface area contributed by atoms with E-state index in [0.29, 0.717) is 17.5 Å². The number of furan rings is 1. The summed E-state index contributed by atoms with van der Waals surface area (Å²) < 4.78 is 6.66. The van der Waals surface area contributed by atoms with E-state index in [1.54, 1.807) is 0 Å². The van der Waals surface area contributed by atoms with Crippen LogP contribution in [-0.4, -0.2) is 15.0 Å². The van der Waals surface area contributed by atoms with Crippen LogP contribution < -0.4 is 0 Å². The molecule has 0 saturated carbocycles. The minimum atomic E-state index is 0.607. The Morgan fingerprint density at radius 2 is 0.943 bits per heavy atom. The summed E-state index contributed by atoms with van der Waals surface area (Å²) in [5.74, 6) is 1.87. The van der Waals surface area contributed by atoms with Crippen molar-refractivity contribution in [3.63, 3.8) is 0 Å². The molecular formula is C49H33N3O. The first-order valence-corrected chi connectivity index (χ1v) is 18.1. The summed E-state index contributed by atoms with van der Waals surface area (Å²) in [6.07, 6.45) is 6.54. The second-order valence-electron chi connectivity index (χ2n) is 13.5. The smallest absolute Gasteiger partial charge is 0.164 e. The minimum Gasteiger partial charge on any atom is -0.455 e. The lowest BCUT2D eigenvalue weighted by Crippen LogP contribution is -2.00. The molecule has 2 heterocycles. The predicted molar refractivity (Wildman–Crippen MR) is 218 cm³/mol. The van der Waals surface area contributed by atoms with E-state index in [1.807, 2.05) is 42.5 Å². The molecule has 0 amide bonds. The van der Waals surface area contributed by atoms with Gasteiger partial charge in [0.25, 0.3) is 0 Å². The summed E-state index contributed by atoms with van der Waals surface area (Å²) in [6.45, 7) is 0. The van der Waals surface area contributed by atoms with E-state index < -0.39 is 0 Å². The first-order chi connectivity index (χ1) is 26.2. The normalized spacial score (nSPS) is 13.0. The molecule has 7 aromatic carbocycles. The molecule has 0 N–H and O–H groups in total. The molecule has 4 heteroatoms. The molecule has 0 aliphatic heterocycles. The second-order valence-corrected chi connectivity index (χ2v) is 13.5. The van der Waals surface area contributed by atoms with Crippen molar-refractivity contribution in [2.45, 2.75) is 12.8 Å². The summed E-state index contributed by atoms with van der Waals surface area (Å²) in [7, 11) is 0. The van der Waals surface area contributed by atoms with Crippen molar-refractivity contribution in [1.29, 1.82) is 0 Å². The third-order valence-electron chi connectivity index (χ3n) is 10.3. The molecule has 0 saturated heterocycles. The summed E-state index contributed by atoms with van der Waals surface area (Å²) >= 11 is 0. The van der Waals surface area contributed by atoms with Crippen LogP contribution in [0.3, 0.4) is 0 Å². The number of hydrogen-bond acceptors (Lipinski definition) is 4. The number of aromatic nitrogens is 3. The lowest BCUT2D eigenvalue weighted by Gasteiger charge is -2.16. The van der Waals surface area contributed by atoms with Crippen molar-refractivity contribution in [3.8, 4) is 45.3 Å². The van der Waals surface area contributed by atoms with Crippen molar-refractivity contribution in [3.05, 3.63) is 187 Å². The Kier molecular flexibility index (Phi) is 7.58. The van der Waals surface area contributed by atoms with Gasteiger partial charge in [-0.05, 0) is 63.6 Å². The monoisotopic (exact) mass is 679 g/mol. The van der Waals surface area contributed by atoms with Crippen LogP contribution in [0.5, 0.6) is 0 Å². The second kappa shape index (κ2) is 13.0. The van der Waals surface area contributed by atoms with E-state index in [2.05, 4.69) is 133 Å². The van der Waals surface area contributed by atoms with Crippen LogP contribution in [0.1, 0.15) is 24.0 Å². The fourth-order valence-corrected chi connectivity index (χ4v) is 7.56. The van der Waals surface area contributed by atoms with Crippen LogP contribution in [0.25, 0.3) is 89.1 Å². The molecule has 9 aromatic rings. The number of fused-ring (bicyclic) bond motifs is 4. The Morgan fingerprint density at radius 1 is 0.396 bits per heavy atom. The Bertz CT molecular complexity index is 2870. The van der Waals surface area contributed by atoms with Gasteiger partial charge in [-0.3, -0.25) is 0 Å². The maximum Gasteiger partial charge on any atom is 0.164 e. The average molecular weight is 680 g/mol. The average Bonchev–Trinajstić information content (AvgIpc) is 3.63. The van der Waals surface area contributed by atoms with E-state index in [-0.39, 0.29) is 0 Å². The van der Waals surface area contributed by atoms with Gasteiger partial charge in [-0.2, -0.15) is 0 Å². The molecule has 10 rings (SSSR count). The summed E-state index contributed by atoms with van der Waals surface area (Å²) in [4.78, 5) is 15.3. The molecular weight excluding hydrogens is 647 g/mol. The molecule has 2 aromatic heterocycles. The number of para-hydroxylation sites is 1. The fraction of sp³-hybridized carbons (Fsp3) is 0.0408. The van der Waals surface area contributed by atoms with Crippen molar-refractivity contribution < 1.29 is 4.42 Å². The van der Waals surface area contributed by atoms with Crippen molar-refractivity contribution in [2.24, 2.45) is 0 Å². The molecule has 0 unspecified atom stereocenters. The fourth-order valence-electron chi connectivity index (χ4n) is 7.56. The van der Waals surface area contributed by atoms with E-state index in [0.717, 1.165) is 62.6 Å². The summed E-state index contributed by atoms with van der Waals surface area (Å²) in [5.41, 5.74) is 11.8. The van der Waals surface area contributed by atoms with Crippen LogP contribution in [0.4, 0.5) is 0 Å². The molecule has 53 heavy (non-hydrogen) atoms. The van der Waals surface area contributed by atoms with Gasteiger partial charge in [-0.1, -0.05) is 164 Å². The highest BCUT2D eigenvalue weighted by atomic mass is 16.3. The van der Waals surface area contributed by atoms with E-state index in [1.165, 1.54) is 33.0 Å². The molecule has 0 bridgehead atoms. The number of benzene rings is 7. The zero-order valence-electron chi connectivity index (χ0n) is 28.9. The maximum absolute atomic E-state index is 6.66. The maximum atomic E-state index is 6.66. The first-order valence-electron chi connectivity index (χ1n) is 18.1. The minimum absolute atomic E-state index is 0.607. The highest BCUT2D eigenvalue weighted by molar-refractivity contribution is 6.15. The van der Waals surface area contributed by atoms with Crippen LogP contribution in [0.15, 0.2) is 180 Å². The number of nitrogens with zero attached hydrogens (tertiary/aromatic N) is 3. The highest BCUT2D eigenvalue weighted by Crippen LogP contribution is 2.41. The SMILES string of the molecule is C1=C(c2ccccc2)CCC(c2ccc(-c3nc(-c4ccccc4)nc(-c4cccc5oc6c(-c7ccc8ccccc8c7)cccc6c45)n3)cc2)=C1. The standard InChI is InChI=1S/C49H33N3O/c1-3-11-32(12-4-1)34-21-23-35(24-22-34)36-25-28-38(29-26-36)48-50-47(37-14-5-2-6-15-37)51-49(52-48)43-19-10-20-44-45(43)42-18-9-17-41(46(42)53-44)40-30-27-33-13-7-8-16-39(33)31-40/h1-21,23,25-31H,22,24H2. The predicted octanol–water partition coefficient (Wildman–Crippen LogP) is 12.9. The number of hydrogen-bond donors (Lipinski definition) is 0. The van der Waals surface area contributed by atoms with Gasteiger partial charge in [0.15, 0.2) is 17.5 Å². The largest absolute Gasteiger partial charge is 0.455 e. The van der Waals surface area contributed by atoms with E-state index in [9.17, 15) is 0 Å². The van der Waals surface area contributed by atoms with Crippen molar-refractivity contribution >= 4 is 43.9 Å². The summed E-state index contributed by atoms with van der Waals surface area (Å²) in [5, 5.41) is 4.43. The molecule has 4 nitrogen and oxygen atoms in total. The molecule has 250 valence electrons. The van der Waals surface area contributed by atoms with Gasteiger partial charge in [0.05, 0.1) is 0 Å². The highest BCUT2D eigenvalue weighted by Gasteiger charge is 2.20. The topological polar surface area (TPSA) is 51.8 Å². The van der Waals surface area contributed by atoms with Crippen molar-refractivity contribution in [1.82, 2.24) is 15.0 Å². The third kappa shape index (κ3) is 5.71. The zero-order chi connectivity index (χ0) is 35.1. The Balaban J connectivity index is 1.07. The van der Waals surface area contributed by atoms with Gasteiger partial charge in [-0.25, -0.2) is 15.0 Å². The van der Waals surface area contributed by atoms with Crippen molar-refractivity contribution in [2.75, 3.05) is 0 Å². The Labute approximate surface area is 307 Å². The Hall–Kier alpha value is -6.91. The van der Waals surface area contributed by atoms with Gasteiger partial charge in [0.2, 0.25) is 0 Å². The molecule has 0 radical (unpaired) electrons. The van der Waals surface area contributed by atoms with Gasteiger partial charge >= 0.3 is 0 Å². The summed E-state index contributed by atoms with van der Waals surface area (Å²) in [6, 6.07) is 56.9. The molecule has 0 spiro atoms. The number of rotatable bonds is 6. The zero-order valence-corrected chi connectivity index (χ0v) is 28.9. The number of allylic oxidation sites excluding steroid dienone is 4. The van der Waals surface area contributed by atoms with Crippen LogP contribution in [-0.2, 0) is 0 Å². The van der Waals surface area contributed by atoms with Crippen LogP contribution in [0.2, 0.25) is 0 Å². The molecule has 1 aliphatic rings. The quantitative estimate of drug-likeness (QED) is 0.175. The first kappa shape index (κ1) is 30.9. The van der Waals surface area contributed by atoms with Gasteiger partial charge in [0.1, 0.15) is 11.2 Å². The van der Waals surface area contributed by atoms with Gasteiger partial charge in [-0.15, -0.1) is 0 Å². The molecule has 0 fully saturated rings. The van der Waals surface area contributed by atoms with Gasteiger partial charge in [0, 0.05) is 33.0 Å². The van der Waals surface area contributed by atoms with Crippen LogP contribution >= 0.6 is 0 Å². The molecule has 0 atom stereocenters. The molecule has 1 aliphatic carbocycles. The third-order valence-corrected chi connectivity index (χ3v) is 10.3. The van der Waals surface area contributed by atoms with Gasteiger partial charge < -0.3 is 4.42 Å². The Morgan fingerprint density at radius 3 is 1.66 bits per heavy atom. The van der Waals surface area contributed by atoms with E-state index >= 15 is 0 Å². The lowest BCUT2D eigenvalue weighted by atomic mass is 9.90. The van der Waals surface area contributed by atoms with Crippen LogP contribution in [0, 0.1) is 0 Å².